The molecule has 10 nitrogen and oxygen atoms in total. The Morgan fingerprint density at radius 2 is 2.00 bits per heavy atom. The van der Waals surface area contributed by atoms with Crippen LogP contribution in [0.25, 0.3) is 27.7 Å². The molecule has 1 N–H and O–H groups in total. The molecule has 0 spiro atoms. The maximum absolute atomic E-state index is 13.2. The quantitative estimate of drug-likeness (QED) is 0.108. The number of nitrogens with one attached hydrogen (secondary N) is 1. The first-order valence-corrected chi connectivity index (χ1v) is 13.4. The highest BCUT2D eigenvalue weighted by Gasteiger charge is 2.19. The molecule has 4 rings (SSSR count). The van der Waals surface area contributed by atoms with E-state index in [1.807, 2.05) is 70.4 Å². The van der Waals surface area contributed by atoms with Crippen molar-refractivity contribution in [2.45, 2.75) is 33.2 Å². The lowest BCUT2D eigenvalue weighted by Gasteiger charge is -2.19. The molecule has 0 aliphatic rings. The largest absolute Gasteiger partial charge is 0.462 e. The highest BCUT2D eigenvalue weighted by Crippen LogP contribution is 2.27. The van der Waals surface area contributed by atoms with Gasteiger partial charge in [0.05, 0.1) is 40.8 Å². The van der Waals surface area contributed by atoms with Gasteiger partial charge >= 0.3 is 5.97 Å². The number of hydrogen-bond donors (Lipinski definition) is 1. The molecule has 0 unspecified atom stereocenters. The molecule has 0 aliphatic carbocycles. The summed E-state index contributed by atoms with van der Waals surface area (Å²) in [4.78, 5) is 40.7. The third-order valence-electron chi connectivity index (χ3n) is 6.25. The van der Waals surface area contributed by atoms with Crippen LogP contribution in [0.3, 0.4) is 0 Å². The molecule has 0 aliphatic heterocycles. The number of guanidine groups is 1. The molecular formula is C31H35N7O3. The van der Waals surface area contributed by atoms with Crippen molar-refractivity contribution in [1.29, 1.82) is 0 Å². The van der Waals surface area contributed by atoms with Crippen LogP contribution in [-0.4, -0.2) is 69.6 Å². The van der Waals surface area contributed by atoms with Crippen molar-refractivity contribution in [2.24, 2.45) is 12.0 Å². The third kappa shape index (κ3) is 7.02. The first-order valence-electron chi connectivity index (χ1n) is 13.4. The Labute approximate surface area is 239 Å². The zero-order valence-corrected chi connectivity index (χ0v) is 24.3. The van der Waals surface area contributed by atoms with E-state index in [0.29, 0.717) is 40.1 Å². The second-order valence-electron chi connectivity index (χ2n) is 10.1. The van der Waals surface area contributed by atoms with E-state index in [-0.39, 0.29) is 12.6 Å². The number of pyridine rings is 2. The van der Waals surface area contributed by atoms with Crippen LogP contribution >= 0.6 is 0 Å². The Balaban J connectivity index is 1.74. The van der Waals surface area contributed by atoms with Crippen molar-refractivity contribution in [3.8, 4) is 11.3 Å². The molecule has 0 saturated heterocycles. The summed E-state index contributed by atoms with van der Waals surface area (Å²) in [5.74, 6) is 0.201. The van der Waals surface area contributed by atoms with Crippen LogP contribution in [0.4, 0.5) is 0 Å². The number of aromatic nitrogens is 4. The first kappa shape index (κ1) is 29.1. The molecule has 3 heterocycles. The van der Waals surface area contributed by atoms with Crippen molar-refractivity contribution in [2.75, 3.05) is 20.7 Å². The summed E-state index contributed by atoms with van der Waals surface area (Å²) in [5, 5.41) is 8.13. The molecular weight excluding hydrogens is 518 g/mol. The number of ether oxygens (including phenoxy) is 1. The average molecular weight is 554 g/mol. The molecule has 0 saturated carbocycles. The fraction of sp³-hybridized carbons (Fsp3) is 0.290. The van der Waals surface area contributed by atoms with Gasteiger partial charge in [-0.25, -0.2) is 14.8 Å². The summed E-state index contributed by atoms with van der Waals surface area (Å²) in [6.45, 7) is 6.05. The van der Waals surface area contributed by atoms with E-state index in [9.17, 15) is 9.59 Å². The van der Waals surface area contributed by atoms with Crippen molar-refractivity contribution >= 4 is 34.7 Å². The zero-order valence-electron chi connectivity index (χ0n) is 24.3. The second kappa shape index (κ2) is 13.0. The molecule has 10 heteroatoms. The number of fused-ring (bicyclic) bond motifs is 1. The van der Waals surface area contributed by atoms with Gasteiger partial charge in [-0.3, -0.25) is 14.5 Å². The van der Waals surface area contributed by atoms with Gasteiger partial charge in [0, 0.05) is 56.7 Å². The average Bonchev–Trinajstić information content (AvgIpc) is 3.38. The highest BCUT2D eigenvalue weighted by atomic mass is 16.5. The van der Waals surface area contributed by atoms with Crippen molar-refractivity contribution in [1.82, 2.24) is 30.0 Å². The van der Waals surface area contributed by atoms with E-state index in [0.717, 1.165) is 28.7 Å². The summed E-state index contributed by atoms with van der Waals surface area (Å²) in [6, 6.07) is 11.4. The lowest BCUT2D eigenvalue weighted by molar-refractivity contribution is -0.103. The van der Waals surface area contributed by atoms with Crippen molar-refractivity contribution in [3.63, 3.8) is 0 Å². The molecule has 0 amide bonds. The van der Waals surface area contributed by atoms with Gasteiger partial charge in [0.25, 0.3) is 0 Å². The van der Waals surface area contributed by atoms with E-state index >= 15 is 0 Å². The zero-order chi connectivity index (χ0) is 29.5. The highest BCUT2D eigenvalue weighted by molar-refractivity contribution is 6.09. The lowest BCUT2D eigenvalue weighted by Crippen LogP contribution is -2.40. The molecule has 0 fully saturated rings. The SMILES string of the molecule is CCOC(=O)c1c(Cc2ccnc(-c3cnn(C)c3)c2)ccc2nc(/C(C=O)=C/N=C(/NC(C)C)N(C)C)ccc12. The number of aldehydes is 1. The van der Waals surface area contributed by atoms with Gasteiger partial charge in [-0.2, -0.15) is 5.10 Å². The number of carbonyl (C=O) groups excluding carboxylic acids is 2. The smallest absolute Gasteiger partial charge is 0.339 e. The van der Waals surface area contributed by atoms with E-state index in [4.69, 9.17) is 9.72 Å². The number of hydrogen-bond acceptors (Lipinski definition) is 7. The predicted octanol–water partition coefficient (Wildman–Crippen LogP) is 4.25. The number of nitrogens with zero attached hydrogens (tertiary/aromatic N) is 6. The topological polar surface area (TPSA) is 115 Å². The Kier molecular flexibility index (Phi) is 9.23. The van der Waals surface area contributed by atoms with Gasteiger partial charge in [0.1, 0.15) is 0 Å². The minimum absolute atomic E-state index is 0.174. The summed E-state index contributed by atoms with van der Waals surface area (Å²) in [6.07, 6.45) is 8.15. The molecule has 0 bridgehead atoms. The Bertz CT molecular complexity index is 1620. The molecule has 1 aromatic carbocycles. The van der Waals surface area contributed by atoms with Crippen LogP contribution in [0, 0.1) is 0 Å². The molecule has 3 aromatic heterocycles. The Hall–Kier alpha value is -4.86. The minimum atomic E-state index is -0.421. The van der Waals surface area contributed by atoms with E-state index in [1.165, 1.54) is 6.20 Å². The number of benzene rings is 1. The fourth-order valence-electron chi connectivity index (χ4n) is 4.34. The Morgan fingerprint density at radius 1 is 1.20 bits per heavy atom. The molecule has 0 radical (unpaired) electrons. The van der Waals surface area contributed by atoms with Gasteiger partial charge in [0.15, 0.2) is 12.2 Å². The number of aryl methyl sites for hydroxylation is 1. The van der Waals surface area contributed by atoms with E-state index in [1.54, 1.807) is 36.1 Å². The number of allylic oxidation sites excluding steroid dienone is 1. The number of carbonyl (C=O) groups is 2. The van der Waals surface area contributed by atoms with Crippen LogP contribution in [0.1, 0.15) is 48.0 Å². The predicted molar refractivity (Wildman–Crippen MR) is 160 cm³/mol. The summed E-state index contributed by atoms with van der Waals surface area (Å²) >= 11 is 0. The van der Waals surface area contributed by atoms with Gasteiger partial charge in [-0.15, -0.1) is 0 Å². The van der Waals surface area contributed by atoms with Crippen molar-refractivity contribution < 1.29 is 14.3 Å². The fourth-order valence-corrected chi connectivity index (χ4v) is 4.34. The standard InChI is InChI=1S/C31H35N7O3/c1-7-41-30(40)29-22(14-21-12-13-32-28(15-21)23-17-34-38(6)18-23)8-10-27-25(29)9-11-26(36-27)24(19-39)16-33-31(37(4)5)35-20(2)3/h8-13,15-20H,7,14H2,1-6H3,(H,33,35)/b24-16+. The summed E-state index contributed by atoms with van der Waals surface area (Å²) in [7, 11) is 5.60. The first-order chi connectivity index (χ1) is 19.7. The number of aliphatic imine (C=N–C) groups is 1. The lowest BCUT2D eigenvalue weighted by atomic mass is 9.95. The summed E-state index contributed by atoms with van der Waals surface area (Å²) < 4.78 is 7.17. The van der Waals surface area contributed by atoms with Gasteiger partial charge in [-0.05, 0) is 68.7 Å². The molecule has 4 aromatic rings. The van der Waals surface area contributed by atoms with Gasteiger partial charge < -0.3 is 15.0 Å². The minimum Gasteiger partial charge on any atom is -0.462 e. The maximum atomic E-state index is 13.2. The van der Waals surface area contributed by atoms with Crippen LogP contribution < -0.4 is 5.32 Å². The van der Waals surface area contributed by atoms with E-state index < -0.39 is 5.97 Å². The second-order valence-corrected chi connectivity index (χ2v) is 10.1. The van der Waals surface area contributed by atoms with Crippen LogP contribution in [0.5, 0.6) is 0 Å². The van der Waals surface area contributed by atoms with Crippen LogP contribution in [0.15, 0.2) is 66.2 Å². The van der Waals surface area contributed by atoms with Gasteiger partial charge in [0.2, 0.25) is 0 Å². The number of rotatable bonds is 9. The number of esters is 1. The van der Waals surface area contributed by atoms with Gasteiger partial charge in [-0.1, -0.05) is 6.07 Å². The summed E-state index contributed by atoms with van der Waals surface area (Å²) in [5.41, 5.74) is 5.31. The molecule has 41 heavy (non-hydrogen) atoms. The van der Waals surface area contributed by atoms with Crippen LogP contribution in [0.2, 0.25) is 0 Å². The monoisotopic (exact) mass is 553 g/mol. The maximum Gasteiger partial charge on any atom is 0.339 e. The van der Waals surface area contributed by atoms with Crippen LogP contribution in [-0.2, 0) is 23.0 Å². The third-order valence-corrected chi connectivity index (χ3v) is 6.25. The Morgan fingerprint density at radius 3 is 2.66 bits per heavy atom. The van der Waals surface area contributed by atoms with Crippen molar-refractivity contribution in [3.05, 3.63) is 83.6 Å². The molecule has 212 valence electrons. The normalized spacial score (nSPS) is 12.1. The molecule has 0 atom stereocenters. The van der Waals surface area contributed by atoms with E-state index in [2.05, 4.69) is 20.4 Å².